The summed E-state index contributed by atoms with van der Waals surface area (Å²) in [7, 11) is 0. The van der Waals surface area contributed by atoms with Crippen LogP contribution in [0.5, 0.6) is 0 Å². The summed E-state index contributed by atoms with van der Waals surface area (Å²) < 4.78 is 0. The molecule has 2 unspecified atom stereocenters. The van der Waals surface area contributed by atoms with Crippen molar-refractivity contribution in [2.45, 2.75) is 38.1 Å². The first-order valence-electron chi connectivity index (χ1n) is 7.39. The number of amides is 1. The summed E-state index contributed by atoms with van der Waals surface area (Å²) in [6.07, 6.45) is 7.50. The fraction of sp³-hybridized carbons (Fsp3) is 0.412. The molecule has 2 N–H and O–H groups in total. The maximum absolute atomic E-state index is 12.1. The zero-order valence-electron chi connectivity index (χ0n) is 12.0. The predicted octanol–water partition coefficient (Wildman–Crippen LogP) is 2.54. The third-order valence-electron chi connectivity index (χ3n) is 3.82. The molecule has 1 amide bonds. The third-order valence-corrected chi connectivity index (χ3v) is 3.82. The third kappa shape index (κ3) is 4.74. The Labute approximate surface area is 124 Å². The van der Waals surface area contributed by atoms with Crippen molar-refractivity contribution in [3.05, 3.63) is 48.0 Å². The van der Waals surface area contributed by atoms with Crippen molar-refractivity contribution in [3.8, 4) is 0 Å². The lowest BCUT2D eigenvalue weighted by Gasteiger charge is -2.21. The van der Waals surface area contributed by atoms with Gasteiger partial charge in [0.15, 0.2) is 0 Å². The number of carboxylic acid groups (broad SMARTS) is 1. The number of carbonyl (C=O) groups excluding carboxylic acids is 1. The van der Waals surface area contributed by atoms with Crippen molar-refractivity contribution in [2.24, 2.45) is 5.92 Å². The van der Waals surface area contributed by atoms with Crippen molar-refractivity contribution >= 4 is 11.9 Å². The van der Waals surface area contributed by atoms with Crippen molar-refractivity contribution in [1.29, 1.82) is 0 Å². The molecule has 0 aliphatic heterocycles. The minimum absolute atomic E-state index is 0.0893. The minimum atomic E-state index is -0.967. The Hall–Kier alpha value is -2.10. The normalized spacial score (nSPS) is 19.0. The number of nitrogens with one attached hydrogen (secondary N) is 1. The molecule has 1 aliphatic carbocycles. The van der Waals surface area contributed by atoms with Gasteiger partial charge in [0.2, 0.25) is 5.91 Å². The number of hydrogen-bond donors (Lipinski definition) is 2. The maximum atomic E-state index is 12.1. The van der Waals surface area contributed by atoms with Gasteiger partial charge in [-0.3, -0.25) is 4.79 Å². The van der Waals surface area contributed by atoms with E-state index in [2.05, 4.69) is 11.4 Å². The molecule has 0 heterocycles. The first-order valence-corrected chi connectivity index (χ1v) is 7.39. The average molecular weight is 287 g/mol. The van der Waals surface area contributed by atoms with E-state index in [0.717, 1.165) is 18.4 Å². The van der Waals surface area contributed by atoms with Gasteiger partial charge in [-0.05, 0) is 37.7 Å². The monoisotopic (exact) mass is 287 g/mol. The van der Waals surface area contributed by atoms with E-state index in [1.807, 2.05) is 36.4 Å². The lowest BCUT2D eigenvalue weighted by Crippen LogP contribution is -2.44. The average Bonchev–Trinajstić information content (AvgIpc) is 2.52. The summed E-state index contributed by atoms with van der Waals surface area (Å²) in [6.45, 7) is 0. The van der Waals surface area contributed by atoms with Gasteiger partial charge in [-0.25, -0.2) is 4.79 Å². The van der Waals surface area contributed by atoms with E-state index in [0.29, 0.717) is 19.3 Å². The topological polar surface area (TPSA) is 66.4 Å². The largest absolute Gasteiger partial charge is 0.480 e. The van der Waals surface area contributed by atoms with Crippen molar-refractivity contribution in [3.63, 3.8) is 0 Å². The van der Waals surface area contributed by atoms with Crippen LogP contribution in [0.3, 0.4) is 0 Å². The molecule has 0 radical (unpaired) electrons. The summed E-state index contributed by atoms with van der Waals surface area (Å²) in [6, 6.07) is 8.90. The molecule has 0 saturated carbocycles. The Balaban J connectivity index is 1.88. The van der Waals surface area contributed by atoms with Crippen LogP contribution in [0.25, 0.3) is 0 Å². The Kier molecular flexibility index (Phi) is 5.55. The second kappa shape index (κ2) is 7.62. The Bertz CT molecular complexity index is 510. The zero-order valence-corrected chi connectivity index (χ0v) is 12.0. The summed E-state index contributed by atoms with van der Waals surface area (Å²) in [5, 5.41) is 12.0. The molecular weight excluding hydrogens is 266 g/mol. The van der Waals surface area contributed by atoms with Crippen molar-refractivity contribution < 1.29 is 14.7 Å². The van der Waals surface area contributed by atoms with E-state index in [4.69, 9.17) is 0 Å². The molecule has 2 rings (SSSR count). The van der Waals surface area contributed by atoms with Gasteiger partial charge in [0.05, 0.1) is 0 Å². The Morgan fingerprint density at radius 3 is 2.62 bits per heavy atom. The highest BCUT2D eigenvalue weighted by molar-refractivity contribution is 5.85. The van der Waals surface area contributed by atoms with E-state index in [9.17, 15) is 14.7 Å². The van der Waals surface area contributed by atoms with Crippen molar-refractivity contribution in [1.82, 2.24) is 5.32 Å². The first kappa shape index (κ1) is 15.3. The summed E-state index contributed by atoms with van der Waals surface area (Å²) in [5.74, 6) is -1.20. The van der Waals surface area contributed by atoms with Gasteiger partial charge in [0.25, 0.3) is 0 Å². The number of allylic oxidation sites excluding steroid dienone is 2. The summed E-state index contributed by atoms with van der Waals surface area (Å²) >= 11 is 0. The Morgan fingerprint density at radius 1 is 1.24 bits per heavy atom. The number of aliphatic carboxylic acids is 1. The van der Waals surface area contributed by atoms with Crippen LogP contribution < -0.4 is 5.32 Å². The van der Waals surface area contributed by atoms with Gasteiger partial charge in [0.1, 0.15) is 6.04 Å². The first-order chi connectivity index (χ1) is 10.2. The molecule has 1 aliphatic rings. The molecule has 0 fully saturated rings. The highest BCUT2D eigenvalue weighted by Gasteiger charge is 2.25. The van der Waals surface area contributed by atoms with Gasteiger partial charge in [-0.2, -0.15) is 0 Å². The van der Waals surface area contributed by atoms with Crippen LogP contribution in [0.1, 0.15) is 31.2 Å². The summed E-state index contributed by atoms with van der Waals surface area (Å²) in [5.41, 5.74) is 1.08. The molecule has 4 heteroatoms. The van der Waals surface area contributed by atoms with Crippen LogP contribution in [0.15, 0.2) is 42.5 Å². The zero-order chi connectivity index (χ0) is 15.1. The van der Waals surface area contributed by atoms with E-state index in [1.54, 1.807) is 0 Å². The minimum Gasteiger partial charge on any atom is -0.480 e. The highest BCUT2D eigenvalue weighted by Crippen LogP contribution is 2.18. The standard InChI is InChI=1S/C17H21NO3/c19-16(14-9-5-2-6-10-14)18-15(17(20)21)12-11-13-7-3-1-4-8-13/h1-5,7-8,14-15H,6,9-12H2,(H,18,19)(H,20,21). The van der Waals surface area contributed by atoms with Gasteiger partial charge in [-0.15, -0.1) is 0 Å². The lowest BCUT2D eigenvalue weighted by atomic mass is 9.93. The molecule has 2 atom stereocenters. The van der Waals surface area contributed by atoms with Gasteiger partial charge in [0, 0.05) is 5.92 Å². The second-order valence-electron chi connectivity index (χ2n) is 5.41. The van der Waals surface area contributed by atoms with Crippen molar-refractivity contribution in [2.75, 3.05) is 0 Å². The van der Waals surface area contributed by atoms with E-state index >= 15 is 0 Å². The van der Waals surface area contributed by atoms with Crippen LogP contribution in [-0.4, -0.2) is 23.0 Å². The van der Waals surface area contributed by atoms with Crippen LogP contribution in [0.4, 0.5) is 0 Å². The number of carboxylic acids is 1. The molecule has 1 aromatic carbocycles. The van der Waals surface area contributed by atoms with Crippen LogP contribution in [0.2, 0.25) is 0 Å². The second-order valence-corrected chi connectivity index (χ2v) is 5.41. The SMILES string of the molecule is O=C(NC(CCc1ccccc1)C(=O)O)C1CC=CCC1. The molecule has 1 aromatic rings. The number of rotatable bonds is 6. The fourth-order valence-electron chi connectivity index (χ4n) is 2.53. The predicted molar refractivity (Wildman–Crippen MR) is 80.8 cm³/mol. The number of carbonyl (C=O) groups is 2. The smallest absolute Gasteiger partial charge is 0.326 e. The molecule has 0 spiro atoms. The summed E-state index contributed by atoms with van der Waals surface area (Å²) in [4.78, 5) is 23.4. The Morgan fingerprint density at radius 2 is 2.00 bits per heavy atom. The van der Waals surface area contributed by atoms with Crippen LogP contribution >= 0.6 is 0 Å². The molecule has 0 saturated heterocycles. The maximum Gasteiger partial charge on any atom is 0.326 e. The van der Waals surface area contributed by atoms with Gasteiger partial charge in [-0.1, -0.05) is 42.5 Å². The molecule has 0 bridgehead atoms. The van der Waals surface area contributed by atoms with Gasteiger partial charge < -0.3 is 10.4 Å². The van der Waals surface area contributed by atoms with E-state index in [1.165, 1.54) is 0 Å². The quantitative estimate of drug-likeness (QED) is 0.790. The van der Waals surface area contributed by atoms with E-state index in [-0.39, 0.29) is 11.8 Å². The molecule has 4 nitrogen and oxygen atoms in total. The fourth-order valence-corrected chi connectivity index (χ4v) is 2.53. The highest BCUT2D eigenvalue weighted by atomic mass is 16.4. The molecular formula is C17H21NO3. The number of benzene rings is 1. The number of aryl methyl sites for hydroxylation is 1. The molecule has 21 heavy (non-hydrogen) atoms. The van der Waals surface area contributed by atoms with Gasteiger partial charge >= 0.3 is 5.97 Å². The molecule has 112 valence electrons. The van der Waals surface area contributed by atoms with Crippen LogP contribution in [0, 0.1) is 5.92 Å². The lowest BCUT2D eigenvalue weighted by molar-refractivity contribution is -0.142. The van der Waals surface area contributed by atoms with Crippen LogP contribution in [-0.2, 0) is 16.0 Å². The molecule has 0 aromatic heterocycles. The van der Waals surface area contributed by atoms with E-state index < -0.39 is 12.0 Å². The number of hydrogen-bond acceptors (Lipinski definition) is 2.